The minimum atomic E-state index is -0.488. The molecule has 1 aliphatic heterocycles. The molecule has 1 saturated heterocycles. The van der Waals surface area contributed by atoms with Crippen LogP contribution in [0, 0.1) is 5.82 Å². The number of rotatable bonds is 6. The van der Waals surface area contributed by atoms with Gasteiger partial charge in [0, 0.05) is 30.7 Å². The Morgan fingerprint density at radius 1 is 1.17 bits per heavy atom. The summed E-state index contributed by atoms with van der Waals surface area (Å²) in [6.45, 7) is 4.06. The number of methoxy groups -OCH3 is 1. The molecule has 2 aromatic carbocycles. The van der Waals surface area contributed by atoms with Crippen LogP contribution in [0.2, 0.25) is 0 Å². The molecule has 1 fully saturated rings. The van der Waals surface area contributed by atoms with E-state index in [1.165, 1.54) is 12.1 Å². The molecule has 30 heavy (non-hydrogen) atoms. The highest BCUT2D eigenvalue weighted by atomic mass is 79.9. The molecule has 0 saturated carbocycles. The van der Waals surface area contributed by atoms with E-state index >= 15 is 0 Å². The Hall–Kier alpha value is -2.45. The van der Waals surface area contributed by atoms with E-state index in [1.807, 2.05) is 34.1 Å². The second-order valence-corrected chi connectivity index (χ2v) is 8.15. The van der Waals surface area contributed by atoms with Crippen LogP contribution in [0.15, 0.2) is 46.9 Å². The lowest BCUT2D eigenvalue weighted by molar-refractivity contribution is -0.133. The highest BCUT2D eigenvalue weighted by molar-refractivity contribution is 9.10. The highest BCUT2D eigenvalue weighted by Gasteiger charge is 2.28. The van der Waals surface area contributed by atoms with Crippen molar-refractivity contribution in [3.8, 4) is 5.75 Å². The van der Waals surface area contributed by atoms with E-state index in [9.17, 15) is 14.0 Å². The number of benzene rings is 2. The molecule has 1 aliphatic rings. The number of nitrogens with one attached hydrogen (secondary N) is 1. The van der Waals surface area contributed by atoms with Crippen molar-refractivity contribution in [2.24, 2.45) is 0 Å². The van der Waals surface area contributed by atoms with Crippen LogP contribution in [-0.2, 0) is 16.0 Å². The van der Waals surface area contributed by atoms with Gasteiger partial charge in [0.05, 0.1) is 25.3 Å². The molecule has 8 heteroatoms. The maximum Gasteiger partial charge on any atom is 0.241 e. The lowest BCUT2D eigenvalue weighted by atomic mass is 10.1. The summed E-state index contributed by atoms with van der Waals surface area (Å²) in [7, 11) is 1.60. The van der Waals surface area contributed by atoms with Gasteiger partial charge < -0.3 is 15.0 Å². The van der Waals surface area contributed by atoms with Crippen molar-refractivity contribution in [3.05, 3.63) is 58.3 Å². The molecule has 0 radical (unpaired) electrons. The molecule has 1 atom stereocenters. The molecule has 1 unspecified atom stereocenters. The number of carbonyl (C=O) groups is 2. The Bertz CT molecular complexity index is 916. The Labute approximate surface area is 184 Å². The van der Waals surface area contributed by atoms with E-state index in [-0.39, 0.29) is 17.5 Å². The lowest BCUT2D eigenvalue weighted by Crippen LogP contribution is -2.54. The zero-order valence-corrected chi connectivity index (χ0v) is 18.6. The number of anilines is 1. The van der Waals surface area contributed by atoms with Crippen LogP contribution in [0.4, 0.5) is 10.1 Å². The summed E-state index contributed by atoms with van der Waals surface area (Å²) < 4.78 is 19.8. The van der Waals surface area contributed by atoms with Crippen LogP contribution >= 0.6 is 15.9 Å². The van der Waals surface area contributed by atoms with Crippen LogP contribution < -0.4 is 10.1 Å². The summed E-state index contributed by atoms with van der Waals surface area (Å²) >= 11 is 3.20. The van der Waals surface area contributed by atoms with Crippen molar-refractivity contribution < 1.29 is 18.7 Å². The van der Waals surface area contributed by atoms with Crippen LogP contribution in [-0.4, -0.2) is 60.9 Å². The average Bonchev–Trinajstić information content (AvgIpc) is 2.75. The molecule has 0 bridgehead atoms. The molecule has 3 rings (SSSR count). The van der Waals surface area contributed by atoms with Gasteiger partial charge in [0.2, 0.25) is 11.8 Å². The van der Waals surface area contributed by atoms with Gasteiger partial charge in [0.25, 0.3) is 0 Å². The molecule has 0 spiro atoms. The standard InChI is InChI=1S/C22H25BrFN3O3/c1-15(22(29)25-20-7-6-17(23)14-19(20)24)26-8-10-27(11-9-26)21(28)13-16-4-3-5-18(12-16)30-2/h3-7,12,14-15H,8-11,13H2,1-2H3,(H,25,29). The number of carbonyl (C=O) groups excluding carboxylic acids is 2. The van der Waals surface area contributed by atoms with E-state index < -0.39 is 11.9 Å². The zero-order chi connectivity index (χ0) is 21.7. The fourth-order valence-electron chi connectivity index (χ4n) is 3.42. The summed E-state index contributed by atoms with van der Waals surface area (Å²) in [6.07, 6.45) is 0.316. The molecule has 0 aromatic heterocycles. The maximum atomic E-state index is 14.0. The van der Waals surface area contributed by atoms with Crippen LogP contribution in [0.5, 0.6) is 5.75 Å². The van der Waals surface area contributed by atoms with E-state index in [0.717, 1.165) is 11.3 Å². The number of nitrogens with zero attached hydrogens (tertiary/aromatic N) is 2. The van der Waals surface area contributed by atoms with Crippen molar-refractivity contribution in [1.82, 2.24) is 9.80 Å². The second kappa shape index (κ2) is 10.0. The Balaban J connectivity index is 1.51. The second-order valence-electron chi connectivity index (χ2n) is 7.23. The molecule has 1 N–H and O–H groups in total. The first kappa shape index (κ1) is 22.2. The third-order valence-electron chi connectivity index (χ3n) is 5.27. The first-order valence-corrected chi connectivity index (χ1v) is 10.6. The number of amides is 2. The van der Waals surface area contributed by atoms with E-state index in [0.29, 0.717) is 37.1 Å². The SMILES string of the molecule is COc1cccc(CC(=O)N2CCN(C(C)C(=O)Nc3ccc(Br)cc3F)CC2)c1. The zero-order valence-electron chi connectivity index (χ0n) is 17.0. The van der Waals surface area contributed by atoms with Gasteiger partial charge in [-0.2, -0.15) is 0 Å². The summed E-state index contributed by atoms with van der Waals surface area (Å²) in [6, 6.07) is 11.6. The molecule has 2 amide bonds. The molecular formula is C22H25BrFN3O3. The van der Waals surface area contributed by atoms with Crippen molar-refractivity contribution >= 4 is 33.4 Å². The number of hydrogen-bond donors (Lipinski definition) is 1. The Kier molecular flexibility index (Phi) is 7.44. The molecule has 0 aliphatic carbocycles. The number of halogens is 2. The third kappa shape index (κ3) is 5.58. The summed E-state index contributed by atoms with van der Waals surface area (Å²) in [5, 5.41) is 2.64. The van der Waals surface area contributed by atoms with Gasteiger partial charge in [-0.3, -0.25) is 14.5 Å². The first-order valence-electron chi connectivity index (χ1n) is 9.78. The predicted octanol–water partition coefficient (Wildman–Crippen LogP) is 3.31. The van der Waals surface area contributed by atoms with Crippen LogP contribution in [0.1, 0.15) is 12.5 Å². The molecule has 6 nitrogen and oxygen atoms in total. The van der Waals surface area contributed by atoms with Crippen molar-refractivity contribution in [1.29, 1.82) is 0 Å². The fourth-order valence-corrected chi connectivity index (χ4v) is 3.75. The molecule has 2 aromatic rings. The van der Waals surface area contributed by atoms with Gasteiger partial charge >= 0.3 is 0 Å². The van der Waals surface area contributed by atoms with E-state index in [1.54, 1.807) is 20.1 Å². The van der Waals surface area contributed by atoms with Gasteiger partial charge in [-0.25, -0.2) is 4.39 Å². The van der Waals surface area contributed by atoms with Crippen LogP contribution in [0.25, 0.3) is 0 Å². The quantitative estimate of drug-likeness (QED) is 0.693. The van der Waals surface area contributed by atoms with Gasteiger partial charge in [-0.1, -0.05) is 28.1 Å². The van der Waals surface area contributed by atoms with Gasteiger partial charge in [-0.05, 0) is 42.8 Å². The molecule has 160 valence electrons. The van der Waals surface area contributed by atoms with Gasteiger partial charge in [0.1, 0.15) is 11.6 Å². The summed E-state index contributed by atoms with van der Waals surface area (Å²) in [5.41, 5.74) is 1.06. The molecular weight excluding hydrogens is 453 g/mol. The van der Waals surface area contributed by atoms with Gasteiger partial charge in [-0.15, -0.1) is 0 Å². The van der Waals surface area contributed by atoms with Gasteiger partial charge in [0.15, 0.2) is 0 Å². The summed E-state index contributed by atoms with van der Waals surface area (Å²) in [5.74, 6) is 0.0226. The topological polar surface area (TPSA) is 61.9 Å². The van der Waals surface area contributed by atoms with Crippen molar-refractivity contribution in [3.63, 3.8) is 0 Å². The third-order valence-corrected chi connectivity index (χ3v) is 5.77. The van der Waals surface area contributed by atoms with Crippen molar-refractivity contribution in [2.75, 3.05) is 38.6 Å². The van der Waals surface area contributed by atoms with E-state index in [4.69, 9.17) is 4.74 Å². The minimum Gasteiger partial charge on any atom is -0.497 e. The largest absolute Gasteiger partial charge is 0.497 e. The van der Waals surface area contributed by atoms with E-state index in [2.05, 4.69) is 21.2 Å². The smallest absolute Gasteiger partial charge is 0.241 e. The predicted molar refractivity (Wildman–Crippen MR) is 117 cm³/mol. The number of piperazine rings is 1. The highest BCUT2D eigenvalue weighted by Crippen LogP contribution is 2.20. The maximum absolute atomic E-state index is 14.0. The first-order chi connectivity index (χ1) is 14.4. The lowest BCUT2D eigenvalue weighted by Gasteiger charge is -2.37. The normalized spacial score (nSPS) is 15.5. The van der Waals surface area contributed by atoms with Crippen molar-refractivity contribution in [2.45, 2.75) is 19.4 Å². The minimum absolute atomic E-state index is 0.0527. The fraction of sp³-hybridized carbons (Fsp3) is 0.364. The van der Waals surface area contributed by atoms with Crippen LogP contribution in [0.3, 0.4) is 0 Å². The number of hydrogen-bond acceptors (Lipinski definition) is 4. The Morgan fingerprint density at radius 2 is 1.90 bits per heavy atom. The number of ether oxygens (including phenoxy) is 1. The summed E-state index contributed by atoms with van der Waals surface area (Å²) in [4.78, 5) is 29.0. The molecule has 1 heterocycles. The monoisotopic (exact) mass is 477 g/mol. The average molecular weight is 478 g/mol. The Morgan fingerprint density at radius 3 is 2.57 bits per heavy atom.